The number of amides is 1. The first-order chi connectivity index (χ1) is 13.2. The third kappa shape index (κ3) is 3.13. The second-order valence-electron chi connectivity index (χ2n) is 6.05. The lowest BCUT2D eigenvalue weighted by molar-refractivity contribution is -0.130. The van der Waals surface area contributed by atoms with E-state index < -0.39 is 17.7 Å². The smallest absolute Gasteiger partial charge is 0.290 e. The standard InChI is InChI=1S/C20H15N3O3S/c24-18(15-6-3-9-27-15)16-17(14-5-2-8-22-11-14)23(20(26)19(16)25)12-13-4-1-7-21-10-13/h1-11,17,25H,12H2. The van der Waals surface area contributed by atoms with Gasteiger partial charge in [0.05, 0.1) is 16.5 Å². The van der Waals surface area contributed by atoms with Crippen molar-refractivity contribution in [3.63, 3.8) is 0 Å². The number of nitrogens with zero attached hydrogens (tertiary/aromatic N) is 3. The fourth-order valence-electron chi connectivity index (χ4n) is 3.16. The van der Waals surface area contributed by atoms with Gasteiger partial charge in [-0.3, -0.25) is 19.6 Å². The number of hydrogen-bond donors (Lipinski definition) is 1. The highest BCUT2D eigenvalue weighted by Gasteiger charge is 2.44. The maximum Gasteiger partial charge on any atom is 0.290 e. The fraction of sp³-hybridized carbons (Fsp3) is 0.100. The molecular weight excluding hydrogens is 362 g/mol. The molecule has 0 radical (unpaired) electrons. The van der Waals surface area contributed by atoms with Crippen LogP contribution >= 0.6 is 11.3 Å². The quantitative estimate of drug-likeness (QED) is 0.690. The molecule has 6 nitrogen and oxygen atoms in total. The van der Waals surface area contributed by atoms with Gasteiger partial charge in [0.1, 0.15) is 0 Å². The van der Waals surface area contributed by atoms with Crippen molar-refractivity contribution in [3.05, 3.63) is 93.9 Å². The summed E-state index contributed by atoms with van der Waals surface area (Å²) in [6, 6.07) is 9.89. The molecule has 0 aromatic carbocycles. The average molecular weight is 377 g/mol. The third-order valence-electron chi connectivity index (χ3n) is 4.37. The number of aliphatic hydroxyl groups excluding tert-OH is 1. The van der Waals surface area contributed by atoms with Crippen LogP contribution in [0.3, 0.4) is 0 Å². The second-order valence-corrected chi connectivity index (χ2v) is 7.00. The zero-order chi connectivity index (χ0) is 18.8. The predicted molar refractivity (Wildman–Crippen MR) is 100 cm³/mol. The Morgan fingerprint density at radius 3 is 2.52 bits per heavy atom. The Labute approximate surface area is 159 Å². The van der Waals surface area contributed by atoms with E-state index in [-0.39, 0.29) is 17.9 Å². The van der Waals surface area contributed by atoms with Crippen LogP contribution in [0, 0.1) is 0 Å². The van der Waals surface area contributed by atoms with E-state index in [2.05, 4.69) is 9.97 Å². The first-order valence-electron chi connectivity index (χ1n) is 8.28. The van der Waals surface area contributed by atoms with Gasteiger partial charge in [0.2, 0.25) is 5.78 Å². The van der Waals surface area contributed by atoms with Gasteiger partial charge >= 0.3 is 0 Å². The fourth-order valence-corrected chi connectivity index (χ4v) is 3.84. The van der Waals surface area contributed by atoms with E-state index in [0.717, 1.165) is 5.56 Å². The molecule has 4 rings (SSSR count). The van der Waals surface area contributed by atoms with E-state index in [1.54, 1.807) is 60.5 Å². The molecule has 4 heterocycles. The molecule has 3 aromatic rings. The summed E-state index contributed by atoms with van der Waals surface area (Å²) in [4.78, 5) is 36.0. The molecule has 1 unspecified atom stereocenters. The van der Waals surface area contributed by atoms with Crippen molar-refractivity contribution in [3.8, 4) is 0 Å². The average Bonchev–Trinajstić information content (AvgIpc) is 3.32. The number of pyridine rings is 2. The minimum atomic E-state index is -0.707. The number of hydrogen-bond acceptors (Lipinski definition) is 6. The van der Waals surface area contributed by atoms with Gasteiger partial charge in [-0.25, -0.2) is 0 Å². The van der Waals surface area contributed by atoms with Gasteiger partial charge in [-0.15, -0.1) is 11.3 Å². The Hall–Kier alpha value is -3.32. The monoisotopic (exact) mass is 377 g/mol. The molecule has 0 fully saturated rings. The topological polar surface area (TPSA) is 83.4 Å². The van der Waals surface area contributed by atoms with Gasteiger partial charge in [-0.05, 0) is 34.7 Å². The number of ketones is 1. The van der Waals surface area contributed by atoms with Crippen LogP contribution in [0.5, 0.6) is 0 Å². The van der Waals surface area contributed by atoms with Crippen LogP contribution in [-0.2, 0) is 11.3 Å². The lowest BCUT2D eigenvalue weighted by atomic mass is 9.96. The molecule has 27 heavy (non-hydrogen) atoms. The predicted octanol–water partition coefficient (Wildman–Crippen LogP) is 3.32. The van der Waals surface area contributed by atoms with Gasteiger partial charge < -0.3 is 10.0 Å². The molecule has 0 saturated heterocycles. The normalized spacial score (nSPS) is 16.8. The summed E-state index contributed by atoms with van der Waals surface area (Å²) in [6.07, 6.45) is 6.53. The van der Waals surface area contributed by atoms with Crippen molar-refractivity contribution in [1.82, 2.24) is 14.9 Å². The molecule has 0 aliphatic carbocycles. The number of rotatable bonds is 5. The van der Waals surface area contributed by atoms with E-state index in [4.69, 9.17) is 0 Å². The summed E-state index contributed by atoms with van der Waals surface area (Å²) < 4.78 is 0. The molecule has 134 valence electrons. The Bertz CT molecular complexity index is 1000. The minimum absolute atomic E-state index is 0.0827. The highest BCUT2D eigenvalue weighted by molar-refractivity contribution is 7.12. The van der Waals surface area contributed by atoms with Crippen molar-refractivity contribution >= 4 is 23.0 Å². The molecule has 0 saturated carbocycles. The van der Waals surface area contributed by atoms with Crippen molar-refractivity contribution in [2.45, 2.75) is 12.6 Å². The van der Waals surface area contributed by atoms with Crippen LogP contribution in [0.25, 0.3) is 0 Å². The highest BCUT2D eigenvalue weighted by atomic mass is 32.1. The number of aromatic nitrogens is 2. The number of thiophene rings is 1. The molecule has 1 aliphatic rings. The van der Waals surface area contributed by atoms with Crippen LogP contribution in [0.4, 0.5) is 0 Å². The van der Waals surface area contributed by atoms with Crippen molar-refractivity contribution in [2.75, 3.05) is 0 Å². The van der Waals surface area contributed by atoms with E-state index >= 15 is 0 Å². The Morgan fingerprint density at radius 1 is 1.11 bits per heavy atom. The zero-order valence-electron chi connectivity index (χ0n) is 14.1. The first-order valence-corrected chi connectivity index (χ1v) is 9.16. The summed E-state index contributed by atoms with van der Waals surface area (Å²) in [7, 11) is 0. The number of Topliss-reactive ketones (excluding diaryl/α,β-unsaturated/α-hetero) is 1. The zero-order valence-corrected chi connectivity index (χ0v) is 15.0. The van der Waals surface area contributed by atoms with Crippen molar-refractivity contribution in [1.29, 1.82) is 0 Å². The van der Waals surface area contributed by atoms with Gasteiger partial charge in [0.15, 0.2) is 5.76 Å². The SMILES string of the molecule is O=C(C1=C(O)C(=O)N(Cc2cccnc2)C1c1cccnc1)c1cccs1. The summed E-state index contributed by atoms with van der Waals surface area (Å²) in [5, 5.41) is 12.3. The summed E-state index contributed by atoms with van der Waals surface area (Å²) >= 11 is 1.27. The number of carbonyl (C=O) groups excluding carboxylic acids is 2. The maximum absolute atomic E-state index is 13.0. The molecule has 1 amide bonds. The summed E-state index contributed by atoms with van der Waals surface area (Å²) in [5.74, 6) is -1.43. The van der Waals surface area contributed by atoms with Crippen molar-refractivity contribution in [2.24, 2.45) is 0 Å². The highest BCUT2D eigenvalue weighted by Crippen LogP contribution is 2.40. The molecule has 1 aliphatic heterocycles. The van der Waals surface area contributed by atoms with Gasteiger partial charge in [-0.1, -0.05) is 18.2 Å². The summed E-state index contributed by atoms with van der Waals surface area (Å²) in [5.41, 5.74) is 1.55. The van der Waals surface area contributed by atoms with Gasteiger partial charge in [0.25, 0.3) is 5.91 Å². The Kier molecular flexibility index (Phi) is 4.52. The maximum atomic E-state index is 13.0. The lowest BCUT2D eigenvalue weighted by Crippen LogP contribution is -2.30. The molecule has 1 N–H and O–H groups in total. The van der Waals surface area contributed by atoms with Crippen LogP contribution in [0.2, 0.25) is 0 Å². The molecule has 1 atom stereocenters. The lowest BCUT2D eigenvalue weighted by Gasteiger charge is -2.26. The van der Waals surface area contributed by atoms with Crippen LogP contribution in [-0.4, -0.2) is 31.7 Å². The molecule has 7 heteroatoms. The minimum Gasteiger partial charge on any atom is -0.503 e. The molecule has 0 bridgehead atoms. The molecular formula is C20H15N3O3S. The van der Waals surface area contributed by atoms with Crippen LogP contribution in [0.15, 0.2) is 77.9 Å². The largest absolute Gasteiger partial charge is 0.503 e. The van der Waals surface area contributed by atoms with E-state index in [9.17, 15) is 14.7 Å². The number of carbonyl (C=O) groups is 2. The third-order valence-corrected chi connectivity index (χ3v) is 5.24. The van der Waals surface area contributed by atoms with E-state index in [1.807, 2.05) is 6.07 Å². The van der Waals surface area contributed by atoms with Gasteiger partial charge in [0, 0.05) is 31.3 Å². The molecule has 0 spiro atoms. The van der Waals surface area contributed by atoms with Crippen LogP contribution < -0.4 is 0 Å². The molecule has 3 aromatic heterocycles. The first kappa shape index (κ1) is 17.1. The van der Waals surface area contributed by atoms with Gasteiger partial charge in [-0.2, -0.15) is 0 Å². The van der Waals surface area contributed by atoms with Crippen molar-refractivity contribution < 1.29 is 14.7 Å². The number of aliphatic hydroxyl groups is 1. The second kappa shape index (κ2) is 7.13. The van der Waals surface area contributed by atoms with Crippen LogP contribution in [0.1, 0.15) is 26.8 Å². The van der Waals surface area contributed by atoms with E-state index in [0.29, 0.717) is 10.4 Å². The van der Waals surface area contributed by atoms with E-state index in [1.165, 1.54) is 16.2 Å². The Morgan fingerprint density at radius 2 is 1.89 bits per heavy atom. The summed E-state index contributed by atoms with van der Waals surface area (Å²) in [6.45, 7) is 0.220. The Balaban J connectivity index is 1.79.